The quantitative estimate of drug-likeness (QED) is 0.492. The number of alkyl halides is 5. The summed E-state index contributed by atoms with van der Waals surface area (Å²) in [6, 6.07) is 8.98. The van der Waals surface area contributed by atoms with Gasteiger partial charge in [-0.1, -0.05) is 6.07 Å². The van der Waals surface area contributed by atoms with Gasteiger partial charge < -0.3 is 14.8 Å². The molecule has 2 aromatic carbocycles. The monoisotopic (exact) mass is 469 g/mol. The Morgan fingerprint density at radius 3 is 2.39 bits per heavy atom. The minimum Gasteiger partial charge on any atom is -0.493 e. The van der Waals surface area contributed by atoms with Crippen LogP contribution in [-0.4, -0.2) is 29.4 Å². The van der Waals surface area contributed by atoms with E-state index < -0.39 is 30.8 Å². The molecule has 6 nitrogen and oxygen atoms in total. The fourth-order valence-electron chi connectivity index (χ4n) is 3.29. The summed E-state index contributed by atoms with van der Waals surface area (Å²) in [6.45, 7) is -0.133. The normalized spacial score (nSPS) is 11.5. The highest BCUT2D eigenvalue weighted by atomic mass is 19.4. The zero-order valence-electron chi connectivity index (χ0n) is 17.8. The molecule has 3 rings (SSSR count). The van der Waals surface area contributed by atoms with E-state index in [-0.39, 0.29) is 28.3 Å². The van der Waals surface area contributed by atoms with Crippen LogP contribution in [0.1, 0.15) is 32.9 Å². The standard InChI is InChI=1S/C22H20F5N3O3/c1-12-8-13(2)30(29-12)16-6-4-15(17(10-16)22(25,26)27)11-28-20(31)14-5-7-18(32-3)19(9-14)33-21(23)24/h4-10,21H,11H2,1-3H3,(H,28,31). The van der Waals surface area contributed by atoms with E-state index in [9.17, 15) is 26.7 Å². The number of halogens is 5. The van der Waals surface area contributed by atoms with Crippen molar-refractivity contribution in [1.82, 2.24) is 15.1 Å². The highest BCUT2D eigenvalue weighted by Crippen LogP contribution is 2.34. The molecular formula is C22H20F5N3O3. The molecule has 0 saturated heterocycles. The lowest BCUT2D eigenvalue weighted by Crippen LogP contribution is -2.25. The van der Waals surface area contributed by atoms with Crippen molar-refractivity contribution in [3.05, 3.63) is 70.5 Å². The molecule has 0 atom stereocenters. The van der Waals surface area contributed by atoms with E-state index in [1.807, 2.05) is 0 Å². The van der Waals surface area contributed by atoms with Crippen molar-refractivity contribution in [1.29, 1.82) is 0 Å². The maximum atomic E-state index is 13.7. The summed E-state index contributed by atoms with van der Waals surface area (Å²) in [6.07, 6.45) is -4.68. The molecule has 1 N–H and O–H groups in total. The van der Waals surface area contributed by atoms with Gasteiger partial charge in [0.2, 0.25) is 0 Å². The van der Waals surface area contributed by atoms with Crippen LogP contribution >= 0.6 is 0 Å². The summed E-state index contributed by atoms with van der Waals surface area (Å²) in [5.41, 5.74) is 0.379. The largest absolute Gasteiger partial charge is 0.493 e. The van der Waals surface area contributed by atoms with Gasteiger partial charge in [-0.2, -0.15) is 27.1 Å². The van der Waals surface area contributed by atoms with Gasteiger partial charge in [-0.15, -0.1) is 0 Å². The van der Waals surface area contributed by atoms with Crippen molar-refractivity contribution in [3.63, 3.8) is 0 Å². The molecule has 176 valence electrons. The number of carbonyl (C=O) groups excluding carboxylic acids is 1. The van der Waals surface area contributed by atoms with Gasteiger partial charge >= 0.3 is 12.8 Å². The van der Waals surface area contributed by atoms with Crippen LogP contribution in [0.3, 0.4) is 0 Å². The van der Waals surface area contributed by atoms with Crippen LogP contribution in [0, 0.1) is 13.8 Å². The first-order chi connectivity index (χ1) is 15.5. The SMILES string of the molecule is COc1ccc(C(=O)NCc2ccc(-n3nc(C)cc3C)cc2C(F)(F)F)cc1OC(F)F. The number of nitrogens with one attached hydrogen (secondary N) is 1. The third-order valence-electron chi connectivity index (χ3n) is 4.73. The molecular weight excluding hydrogens is 449 g/mol. The van der Waals surface area contributed by atoms with Crippen LogP contribution in [0.2, 0.25) is 0 Å². The zero-order chi connectivity index (χ0) is 24.3. The van der Waals surface area contributed by atoms with Crippen molar-refractivity contribution in [2.75, 3.05) is 7.11 Å². The molecule has 33 heavy (non-hydrogen) atoms. The number of hydrogen-bond acceptors (Lipinski definition) is 4. The molecule has 0 aliphatic heterocycles. The number of aromatic nitrogens is 2. The van der Waals surface area contributed by atoms with Gasteiger partial charge in [-0.3, -0.25) is 4.79 Å². The lowest BCUT2D eigenvalue weighted by Gasteiger charge is -2.16. The minimum atomic E-state index is -4.68. The van der Waals surface area contributed by atoms with Gasteiger partial charge in [0.25, 0.3) is 5.91 Å². The van der Waals surface area contributed by atoms with Gasteiger partial charge in [0, 0.05) is 17.8 Å². The molecule has 0 fully saturated rings. The number of nitrogens with zero attached hydrogens (tertiary/aromatic N) is 2. The molecule has 0 bridgehead atoms. The van der Waals surface area contributed by atoms with E-state index in [2.05, 4.69) is 15.2 Å². The maximum absolute atomic E-state index is 13.7. The molecule has 0 aliphatic rings. The Morgan fingerprint density at radius 1 is 1.09 bits per heavy atom. The molecule has 0 radical (unpaired) electrons. The zero-order valence-corrected chi connectivity index (χ0v) is 17.8. The summed E-state index contributed by atoms with van der Waals surface area (Å²) in [7, 11) is 1.24. The highest BCUT2D eigenvalue weighted by molar-refractivity contribution is 5.94. The number of aryl methyl sites for hydroxylation is 2. The lowest BCUT2D eigenvalue weighted by atomic mass is 10.1. The van der Waals surface area contributed by atoms with E-state index in [0.717, 1.165) is 12.1 Å². The average molecular weight is 469 g/mol. The molecule has 0 aliphatic carbocycles. The summed E-state index contributed by atoms with van der Waals surface area (Å²) >= 11 is 0. The number of rotatable bonds is 7. The summed E-state index contributed by atoms with van der Waals surface area (Å²) in [4.78, 5) is 12.5. The van der Waals surface area contributed by atoms with Crippen molar-refractivity contribution in [2.45, 2.75) is 33.2 Å². The van der Waals surface area contributed by atoms with Gasteiger partial charge in [0.05, 0.1) is 24.1 Å². The minimum absolute atomic E-state index is 0.0223. The van der Waals surface area contributed by atoms with Crippen molar-refractivity contribution >= 4 is 5.91 Å². The molecule has 11 heteroatoms. The number of ether oxygens (including phenoxy) is 2. The number of methoxy groups -OCH3 is 1. The Labute approximate surface area is 185 Å². The number of carbonyl (C=O) groups is 1. The van der Waals surface area contributed by atoms with Gasteiger partial charge in [0.15, 0.2) is 11.5 Å². The van der Waals surface area contributed by atoms with E-state index in [1.54, 1.807) is 19.9 Å². The van der Waals surface area contributed by atoms with Crippen molar-refractivity contribution < 1.29 is 36.2 Å². The topological polar surface area (TPSA) is 65.4 Å². The van der Waals surface area contributed by atoms with Gasteiger partial charge in [-0.25, -0.2) is 4.68 Å². The number of benzene rings is 2. The van der Waals surface area contributed by atoms with Crippen LogP contribution < -0.4 is 14.8 Å². The third-order valence-corrected chi connectivity index (χ3v) is 4.73. The summed E-state index contributed by atoms with van der Waals surface area (Å²) in [5.74, 6) is -1.16. The van der Waals surface area contributed by atoms with Gasteiger partial charge in [0.1, 0.15) is 0 Å². The number of hydrogen-bond donors (Lipinski definition) is 1. The second-order valence-corrected chi connectivity index (χ2v) is 7.10. The van der Waals surface area contributed by atoms with Crippen molar-refractivity contribution in [3.8, 4) is 17.2 Å². The first-order valence-electron chi connectivity index (χ1n) is 9.64. The van der Waals surface area contributed by atoms with Crippen molar-refractivity contribution in [2.24, 2.45) is 0 Å². The lowest BCUT2D eigenvalue weighted by molar-refractivity contribution is -0.138. The molecule has 1 amide bonds. The Hall–Kier alpha value is -3.63. The Morgan fingerprint density at radius 2 is 1.82 bits per heavy atom. The van der Waals surface area contributed by atoms with Crippen LogP contribution in [-0.2, 0) is 12.7 Å². The van der Waals surface area contributed by atoms with E-state index >= 15 is 0 Å². The second-order valence-electron chi connectivity index (χ2n) is 7.10. The Balaban J connectivity index is 1.85. The Kier molecular flexibility index (Phi) is 6.89. The first-order valence-corrected chi connectivity index (χ1v) is 9.64. The summed E-state index contributed by atoms with van der Waals surface area (Å²) in [5, 5.41) is 6.57. The average Bonchev–Trinajstić information content (AvgIpc) is 3.08. The molecule has 0 saturated carbocycles. The second kappa shape index (κ2) is 9.47. The smallest absolute Gasteiger partial charge is 0.416 e. The molecule has 3 aromatic rings. The highest BCUT2D eigenvalue weighted by Gasteiger charge is 2.34. The van der Waals surface area contributed by atoms with Crippen LogP contribution in [0.4, 0.5) is 22.0 Å². The van der Waals surface area contributed by atoms with E-state index in [4.69, 9.17) is 4.74 Å². The molecule has 1 aromatic heterocycles. The maximum Gasteiger partial charge on any atom is 0.416 e. The molecule has 1 heterocycles. The third kappa shape index (κ3) is 5.60. The Bertz CT molecular complexity index is 1160. The van der Waals surface area contributed by atoms with E-state index in [0.29, 0.717) is 11.4 Å². The first kappa shape index (κ1) is 24.0. The summed E-state index contributed by atoms with van der Waals surface area (Å²) < 4.78 is 76.9. The predicted molar refractivity (Wildman–Crippen MR) is 109 cm³/mol. The number of amides is 1. The fourth-order valence-corrected chi connectivity index (χ4v) is 3.29. The van der Waals surface area contributed by atoms with E-state index in [1.165, 1.54) is 36.1 Å². The van der Waals surface area contributed by atoms with Crippen LogP contribution in [0.5, 0.6) is 11.5 Å². The van der Waals surface area contributed by atoms with Crippen LogP contribution in [0.25, 0.3) is 5.69 Å². The fraction of sp³-hybridized carbons (Fsp3) is 0.273. The predicted octanol–water partition coefficient (Wildman–Crippen LogP) is 5.05. The van der Waals surface area contributed by atoms with Crippen LogP contribution in [0.15, 0.2) is 42.5 Å². The van der Waals surface area contributed by atoms with Gasteiger partial charge in [-0.05, 0) is 55.8 Å². The molecule has 0 spiro atoms. The molecule has 0 unspecified atom stereocenters.